The van der Waals surface area contributed by atoms with Crippen molar-refractivity contribution in [1.82, 2.24) is 0 Å². The topological polar surface area (TPSA) is 63.7 Å². The average Bonchev–Trinajstić information content (AvgIpc) is 3.35. The molecule has 5 rings (SSSR count). The average molecular weight is 508 g/mol. The summed E-state index contributed by atoms with van der Waals surface area (Å²) in [5.74, 6) is -0.580. The van der Waals surface area contributed by atoms with E-state index in [0.29, 0.717) is 24.1 Å². The van der Waals surface area contributed by atoms with Gasteiger partial charge in [0, 0.05) is 6.42 Å². The summed E-state index contributed by atoms with van der Waals surface area (Å²) in [7, 11) is 0. The Morgan fingerprint density at radius 2 is 1.61 bits per heavy atom. The number of imide groups is 1. The van der Waals surface area contributed by atoms with Gasteiger partial charge in [0.2, 0.25) is 5.91 Å². The number of carbonyl (C=O) groups is 3. The second kappa shape index (κ2) is 9.71. The van der Waals surface area contributed by atoms with Crippen LogP contribution in [0.1, 0.15) is 55.9 Å². The maximum atomic E-state index is 14.5. The van der Waals surface area contributed by atoms with Crippen LogP contribution in [0.2, 0.25) is 0 Å². The molecule has 194 valence electrons. The number of para-hydroxylation sites is 1. The van der Waals surface area contributed by atoms with Gasteiger partial charge < -0.3 is 4.74 Å². The lowest BCUT2D eigenvalue weighted by Crippen LogP contribution is -2.49. The molecule has 0 unspecified atom stereocenters. The van der Waals surface area contributed by atoms with Crippen LogP contribution in [0.5, 0.6) is 0 Å². The van der Waals surface area contributed by atoms with E-state index < -0.39 is 17.1 Å². The van der Waals surface area contributed by atoms with Crippen LogP contribution in [-0.4, -0.2) is 23.4 Å². The molecule has 2 atom stereocenters. The fourth-order valence-electron chi connectivity index (χ4n) is 5.74. The Morgan fingerprint density at radius 3 is 2.29 bits per heavy atom. The zero-order chi connectivity index (χ0) is 27.1. The predicted molar refractivity (Wildman–Crippen MR) is 149 cm³/mol. The van der Waals surface area contributed by atoms with Crippen molar-refractivity contribution in [1.29, 1.82) is 0 Å². The molecule has 0 saturated heterocycles. The van der Waals surface area contributed by atoms with Crippen LogP contribution in [0.25, 0.3) is 6.08 Å². The van der Waals surface area contributed by atoms with Gasteiger partial charge in [0.15, 0.2) is 5.78 Å². The molecule has 1 saturated carbocycles. The molecule has 1 fully saturated rings. The van der Waals surface area contributed by atoms with Gasteiger partial charge >= 0.3 is 6.09 Å². The lowest BCUT2D eigenvalue weighted by atomic mass is 9.66. The first kappa shape index (κ1) is 25.7. The summed E-state index contributed by atoms with van der Waals surface area (Å²) in [6.07, 6.45) is 2.34. The summed E-state index contributed by atoms with van der Waals surface area (Å²) in [5.41, 5.74) is 3.28. The van der Waals surface area contributed by atoms with Crippen LogP contribution in [-0.2, 0) is 26.2 Å². The van der Waals surface area contributed by atoms with Crippen molar-refractivity contribution >= 4 is 29.5 Å². The number of carbonyl (C=O) groups excluding carboxylic acids is 3. The van der Waals surface area contributed by atoms with Gasteiger partial charge in [-0.2, -0.15) is 0 Å². The summed E-state index contributed by atoms with van der Waals surface area (Å²) < 4.78 is 5.67. The number of hydrogen-bond donors (Lipinski definition) is 0. The minimum absolute atomic E-state index is 0.0454. The molecule has 5 heteroatoms. The standard InChI is InChI=1S/C33H33NO4/c1-22-14-16-23(17-15-22)18-25-19-26(20-29(25)35)33(21-24-10-6-5-7-11-24)27-12-8-9-13-28(27)34(30(33)36)31(37)38-32(2,3)4/h5-18,26H,19-21H2,1-4H3/b25-18+/t26-,33+/m1/s1. The third-order valence-electron chi connectivity index (χ3n) is 7.48. The molecular formula is C33H33NO4. The van der Waals surface area contributed by atoms with E-state index in [-0.39, 0.29) is 24.0 Å². The van der Waals surface area contributed by atoms with Crippen molar-refractivity contribution < 1.29 is 19.1 Å². The van der Waals surface area contributed by atoms with Crippen molar-refractivity contribution in [3.05, 3.63) is 107 Å². The molecule has 0 aromatic heterocycles. The summed E-state index contributed by atoms with van der Waals surface area (Å²) in [5, 5.41) is 0. The highest BCUT2D eigenvalue weighted by molar-refractivity contribution is 6.22. The van der Waals surface area contributed by atoms with Gasteiger partial charge in [-0.3, -0.25) is 9.59 Å². The highest BCUT2D eigenvalue weighted by Gasteiger charge is 2.59. The number of Topliss-reactive ketones (excluding diaryl/α,β-unsaturated/α-hetero) is 1. The Labute approximate surface area is 224 Å². The second-order valence-electron chi connectivity index (χ2n) is 11.4. The fraction of sp³-hybridized carbons (Fsp3) is 0.303. The van der Waals surface area contributed by atoms with Crippen molar-refractivity contribution in [2.75, 3.05) is 4.90 Å². The SMILES string of the molecule is Cc1ccc(/C=C2\C[C@@H]([C@]3(Cc4ccccc4)C(=O)N(C(=O)OC(C)(C)C)c4ccccc43)CC2=O)cc1. The lowest BCUT2D eigenvalue weighted by Gasteiger charge is -2.34. The molecule has 3 aromatic rings. The van der Waals surface area contributed by atoms with E-state index in [9.17, 15) is 14.4 Å². The summed E-state index contributed by atoms with van der Waals surface area (Å²) in [6.45, 7) is 7.38. The van der Waals surface area contributed by atoms with E-state index in [2.05, 4.69) is 0 Å². The van der Waals surface area contributed by atoms with Gasteiger partial charge in [0.05, 0.1) is 11.1 Å². The van der Waals surface area contributed by atoms with Gasteiger partial charge in [-0.1, -0.05) is 78.4 Å². The minimum atomic E-state index is -1.08. The van der Waals surface area contributed by atoms with E-state index in [1.54, 1.807) is 26.8 Å². The Morgan fingerprint density at radius 1 is 0.947 bits per heavy atom. The molecule has 5 nitrogen and oxygen atoms in total. The number of ether oxygens (including phenoxy) is 1. The molecule has 0 spiro atoms. The molecule has 1 heterocycles. The van der Waals surface area contributed by atoms with Crippen molar-refractivity contribution in [2.24, 2.45) is 5.92 Å². The molecule has 0 N–H and O–H groups in total. The van der Waals surface area contributed by atoms with Crippen molar-refractivity contribution in [2.45, 2.75) is 58.0 Å². The molecule has 0 radical (unpaired) electrons. The normalized spacial score (nSPS) is 22.2. The number of rotatable bonds is 4. The van der Waals surface area contributed by atoms with Crippen LogP contribution in [0, 0.1) is 12.8 Å². The van der Waals surface area contributed by atoms with Crippen molar-refractivity contribution in [3.63, 3.8) is 0 Å². The van der Waals surface area contributed by atoms with Crippen LogP contribution < -0.4 is 4.90 Å². The van der Waals surface area contributed by atoms with Crippen molar-refractivity contribution in [3.8, 4) is 0 Å². The number of hydrogen-bond acceptors (Lipinski definition) is 4. The highest BCUT2D eigenvalue weighted by Crippen LogP contribution is 2.53. The Balaban J connectivity index is 1.61. The third-order valence-corrected chi connectivity index (χ3v) is 7.48. The van der Waals surface area contributed by atoms with Gasteiger partial charge in [0.1, 0.15) is 5.60 Å². The van der Waals surface area contributed by atoms with Gasteiger partial charge in [-0.25, -0.2) is 9.69 Å². The summed E-state index contributed by atoms with van der Waals surface area (Å²) in [4.78, 5) is 42.4. The minimum Gasteiger partial charge on any atom is -0.443 e. The monoisotopic (exact) mass is 507 g/mol. The van der Waals surface area contributed by atoms with E-state index >= 15 is 0 Å². The molecular weight excluding hydrogens is 474 g/mol. The molecule has 3 aromatic carbocycles. The highest BCUT2D eigenvalue weighted by atomic mass is 16.6. The van der Waals surface area contributed by atoms with E-state index in [0.717, 1.165) is 22.3 Å². The van der Waals surface area contributed by atoms with Gasteiger partial charge in [-0.05, 0) is 80.9 Å². The first-order valence-electron chi connectivity index (χ1n) is 13.1. The number of nitrogens with zero attached hydrogens (tertiary/aromatic N) is 1. The largest absolute Gasteiger partial charge is 0.443 e. The number of ketones is 1. The van der Waals surface area contributed by atoms with Crippen LogP contribution >= 0.6 is 0 Å². The quantitative estimate of drug-likeness (QED) is 0.364. The zero-order valence-corrected chi connectivity index (χ0v) is 22.4. The van der Waals surface area contributed by atoms with Gasteiger partial charge in [-0.15, -0.1) is 0 Å². The maximum Gasteiger partial charge on any atom is 0.421 e. The Bertz CT molecular complexity index is 1420. The lowest BCUT2D eigenvalue weighted by molar-refractivity contribution is -0.125. The van der Waals surface area contributed by atoms with Crippen LogP contribution in [0.4, 0.5) is 10.5 Å². The summed E-state index contributed by atoms with van der Waals surface area (Å²) in [6, 6.07) is 25.3. The first-order chi connectivity index (χ1) is 18.1. The van der Waals surface area contributed by atoms with E-state index in [4.69, 9.17) is 4.74 Å². The number of benzene rings is 3. The summed E-state index contributed by atoms with van der Waals surface area (Å²) >= 11 is 0. The maximum absolute atomic E-state index is 14.5. The number of allylic oxidation sites excluding steroid dienone is 1. The van der Waals surface area contributed by atoms with Gasteiger partial charge in [0.25, 0.3) is 0 Å². The van der Waals surface area contributed by atoms with Crippen LogP contribution in [0.15, 0.2) is 84.4 Å². The molecule has 2 aliphatic rings. The predicted octanol–water partition coefficient (Wildman–Crippen LogP) is 6.82. The molecule has 1 aliphatic heterocycles. The molecule has 1 aliphatic carbocycles. The Kier molecular flexibility index (Phi) is 6.56. The first-order valence-corrected chi connectivity index (χ1v) is 13.1. The van der Waals surface area contributed by atoms with Crippen LogP contribution in [0.3, 0.4) is 0 Å². The van der Waals surface area contributed by atoms with E-state index in [1.807, 2.05) is 85.8 Å². The molecule has 2 amide bonds. The fourth-order valence-corrected chi connectivity index (χ4v) is 5.74. The number of aryl methyl sites for hydroxylation is 1. The zero-order valence-electron chi connectivity index (χ0n) is 22.4. The number of amides is 2. The smallest absolute Gasteiger partial charge is 0.421 e. The Hall–Kier alpha value is -3.99. The second-order valence-corrected chi connectivity index (χ2v) is 11.4. The molecule has 38 heavy (non-hydrogen) atoms. The number of anilines is 1. The third kappa shape index (κ3) is 4.69. The number of fused-ring (bicyclic) bond motifs is 1. The molecule has 0 bridgehead atoms. The van der Waals surface area contributed by atoms with E-state index in [1.165, 1.54) is 4.90 Å².